The summed E-state index contributed by atoms with van der Waals surface area (Å²) in [5.41, 5.74) is 2.55. The highest BCUT2D eigenvalue weighted by atomic mass is 32.2. The molecule has 2 rings (SSSR count). The number of hydrazone groups is 1. The van der Waals surface area contributed by atoms with E-state index in [0.29, 0.717) is 5.71 Å². The Balaban J connectivity index is 2.28. The van der Waals surface area contributed by atoms with Gasteiger partial charge in [-0.3, -0.25) is 0 Å². The number of nitrogens with one attached hydrogen (secondary N) is 1. The minimum Gasteiger partial charge on any atom is -0.330 e. The van der Waals surface area contributed by atoms with E-state index in [1.165, 1.54) is 11.3 Å². The van der Waals surface area contributed by atoms with E-state index in [1.807, 2.05) is 25.5 Å². The monoisotopic (exact) mass is 355 g/mol. The highest BCUT2D eigenvalue weighted by Gasteiger charge is 2.14. The predicted molar refractivity (Wildman–Crippen MR) is 92.6 cm³/mol. The molecule has 0 aliphatic heterocycles. The van der Waals surface area contributed by atoms with E-state index in [9.17, 15) is 8.42 Å². The van der Waals surface area contributed by atoms with Gasteiger partial charge in [-0.25, -0.2) is 0 Å². The summed E-state index contributed by atoms with van der Waals surface area (Å²) in [6, 6.07) is 6.61. The van der Waals surface area contributed by atoms with Crippen LogP contribution in [0.15, 0.2) is 34.3 Å². The summed E-state index contributed by atoms with van der Waals surface area (Å²) < 4.78 is 27.0. The van der Waals surface area contributed by atoms with Crippen molar-refractivity contribution in [3.8, 4) is 0 Å². The maximum atomic E-state index is 12.2. The fraction of sp³-hybridized carbons (Fsp3) is 0.286. The van der Waals surface area contributed by atoms with Crippen molar-refractivity contribution >= 4 is 39.3 Å². The lowest BCUT2D eigenvalue weighted by Crippen LogP contribution is -2.20. The second kappa shape index (κ2) is 6.31. The molecule has 0 atom stereocenters. The Morgan fingerprint density at radius 3 is 2.36 bits per heavy atom. The van der Waals surface area contributed by atoms with E-state index >= 15 is 0 Å². The smallest absolute Gasteiger partial charge is 0.276 e. The van der Waals surface area contributed by atoms with Gasteiger partial charge >= 0.3 is 0 Å². The van der Waals surface area contributed by atoms with Crippen LogP contribution in [0.3, 0.4) is 0 Å². The lowest BCUT2D eigenvalue weighted by Gasteiger charge is -2.05. The number of aryl methyl sites for hydroxylation is 1. The summed E-state index contributed by atoms with van der Waals surface area (Å²) in [5.74, 6) is 0. The molecule has 22 heavy (non-hydrogen) atoms. The summed E-state index contributed by atoms with van der Waals surface area (Å²) in [5, 5.41) is 4.01. The van der Waals surface area contributed by atoms with Crippen LogP contribution < -0.4 is 4.83 Å². The average molecular weight is 356 g/mol. The summed E-state index contributed by atoms with van der Waals surface area (Å²) in [4.78, 5) is 3.33. The van der Waals surface area contributed by atoms with Crippen molar-refractivity contribution in [2.45, 2.75) is 25.7 Å². The number of aromatic nitrogens is 1. The molecule has 0 radical (unpaired) electrons. The Bertz CT molecular complexity index is 875. The molecule has 0 aliphatic carbocycles. The molecule has 0 unspecified atom stereocenters. The normalized spacial score (nSPS) is 12.5. The highest BCUT2D eigenvalue weighted by molar-refractivity contribution is 7.89. The van der Waals surface area contributed by atoms with Crippen molar-refractivity contribution in [1.29, 1.82) is 0 Å². The average Bonchev–Trinajstić information content (AvgIpc) is 2.73. The van der Waals surface area contributed by atoms with Crippen molar-refractivity contribution in [2.75, 3.05) is 0 Å². The molecule has 0 aliphatic rings. The van der Waals surface area contributed by atoms with E-state index in [1.54, 1.807) is 31.2 Å². The van der Waals surface area contributed by atoms with Crippen molar-refractivity contribution < 1.29 is 8.42 Å². The molecule has 0 saturated heterocycles. The van der Waals surface area contributed by atoms with Gasteiger partial charge in [-0.1, -0.05) is 17.7 Å². The number of nitrogens with zero attached hydrogens (tertiary/aromatic N) is 2. The van der Waals surface area contributed by atoms with Gasteiger partial charge in [0, 0.05) is 12.7 Å². The standard InChI is InChI=1S/C14H17N3O2S3/c1-9-5-7-12(8-6-9)22(18,19)16-15-10(2)13-11(3)17(4)14(20)21-13/h5-8,16H,1-4H3/b15-10+. The molecule has 118 valence electrons. The molecule has 0 fully saturated rings. The number of thiazole rings is 1. The summed E-state index contributed by atoms with van der Waals surface area (Å²) in [6.07, 6.45) is 0. The molecule has 2 aromatic rings. The van der Waals surface area contributed by atoms with Gasteiger partial charge in [-0.05, 0) is 45.1 Å². The van der Waals surface area contributed by atoms with Crippen LogP contribution >= 0.6 is 23.6 Å². The minimum absolute atomic E-state index is 0.187. The van der Waals surface area contributed by atoms with Gasteiger partial charge in [0.25, 0.3) is 10.0 Å². The SMILES string of the molecule is C/C(=N\NS(=O)(=O)c1ccc(C)cc1)c1sc(=S)n(C)c1C. The molecule has 1 N–H and O–H groups in total. The molecular weight excluding hydrogens is 338 g/mol. The van der Waals surface area contributed by atoms with Gasteiger partial charge in [-0.15, -0.1) is 11.3 Å². The zero-order valence-corrected chi connectivity index (χ0v) is 15.2. The number of sulfonamides is 1. The summed E-state index contributed by atoms with van der Waals surface area (Å²) in [6.45, 7) is 5.58. The third kappa shape index (κ3) is 3.45. The van der Waals surface area contributed by atoms with Crippen LogP contribution in [0.1, 0.15) is 23.1 Å². The molecule has 0 amide bonds. The van der Waals surface area contributed by atoms with Crippen LogP contribution in [-0.4, -0.2) is 18.7 Å². The van der Waals surface area contributed by atoms with Crippen LogP contribution in [0.5, 0.6) is 0 Å². The van der Waals surface area contributed by atoms with E-state index in [4.69, 9.17) is 12.2 Å². The van der Waals surface area contributed by atoms with E-state index in [2.05, 4.69) is 9.93 Å². The van der Waals surface area contributed by atoms with Gasteiger partial charge in [0.05, 0.1) is 15.5 Å². The third-order valence-corrected chi connectivity index (χ3v) is 6.28. The van der Waals surface area contributed by atoms with Gasteiger partial charge in [0.1, 0.15) is 0 Å². The molecule has 5 nitrogen and oxygen atoms in total. The first-order chi connectivity index (χ1) is 10.2. The van der Waals surface area contributed by atoms with E-state index in [0.717, 1.165) is 20.1 Å². The molecule has 0 bridgehead atoms. The molecule has 0 spiro atoms. The Morgan fingerprint density at radius 1 is 1.27 bits per heavy atom. The Hall–Kier alpha value is -1.51. The fourth-order valence-corrected chi connectivity index (χ4v) is 3.97. The largest absolute Gasteiger partial charge is 0.330 e. The highest BCUT2D eigenvalue weighted by Crippen LogP contribution is 2.18. The predicted octanol–water partition coefficient (Wildman–Crippen LogP) is 3.14. The van der Waals surface area contributed by atoms with Crippen molar-refractivity contribution in [3.63, 3.8) is 0 Å². The Kier molecular flexibility index (Phi) is 4.84. The topological polar surface area (TPSA) is 63.5 Å². The van der Waals surface area contributed by atoms with Crippen LogP contribution in [0, 0.1) is 17.8 Å². The van der Waals surface area contributed by atoms with Gasteiger partial charge < -0.3 is 4.57 Å². The van der Waals surface area contributed by atoms with Gasteiger partial charge in [0.2, 0.25) is 0 Å². The fourth-order valence-electron chi connectivity index (χ4n) is 1.80. The first-order valence-corrected chi connectivity index (χ1v) is 9.22. The lowest BCUT2D eigenvalue weighted by molar-refractivity contribution is 0.584. The number of rotatable bonds is 4. The third-order valence-electron chi connectivity index (χ3n) is 3.29. The number of hydrogen-bond donors (Lipinski definition) is 1. The maximum absolute atomic E-state index is 12.2. The maximum Gasteiger partial charge on any atom is 0.276 e. The number of hydrogen-bond acceptors (Lipinski definition) is 5. The second-order valence-corrected chi connectivity index (χ2v) is 8.25. The molecule has 8 heteroatoms. The van der Waals surface area contributed by atoms with Crippen molar-refractivity contribution in [3.05, 3.63) is 44.4 Å². The van der Waals surface area contributed by atoms with Crippen LogP contribution in [0.2, 0.25) is 0 Å². The molecular formula is C14H17N3O2S3. The number of benzene rings is 1. The molecule has 0 saturated carbocycles. The van der Waals surface area contributed by atoms with Gasteiger partial charge in [-0.2, -0.15) is 18.4 Å². The first kappa shape index (κ1) is 16.9. The quantitative estimate of drug-likeness (QED) is 0.521. The molecule has 1 aromatic carbocycles. The molecule has 1 heterocycles. The van der Waals surface area contributed by atoms with E-state index in [-0.39, 0.29) is 4.90 Å². The van der Waals surface area contributed by atoms with Crippen molar-refractivity contribution in [2.24, 2.45) is 12.1 Å². The van der Waals surface area contributed by atoms with Crippen LogP contribution in [0.25, 0.3) is 0 Å². The Labute approximate surface area is 139 Å². The second-order valence-electron chi connectivity index (χ2n) is 4.95. The molecule has 1 aromatic heterocycles. The zero-order valence-electron chi connectivity index (χ0n) is 12.7. The van der Waals surface area contributed by atoms with Crippen LogP contribution in [-0.2, 0) is 17.1 Å². The van der Waals surface area contributed by atoms with E-state index < -0.39 is 10.0 Å². The zero-order chi connectivity index (χ0) is 16.5. The lowest BCUT2D eigenvalue weighted by atomic mass is 10.2. The van der Waals surface area contributed by atoms with Crippen molar-refractivity contribution in [1.82, 2.24) is 9.40 Å². The summed E-state index contributed by atoms with van der Waals surface area (Å²) in [7, 11) is -1.79. The minimum atomic E-state index is -3.66. The van der Waals surface area contributed by atoms with Crippen LogP contribution in [0.4, 0.5) is 0 Å². The summed E-state index contributed by atoms with van der Waals surface area (Å²) >= 11 is 6.62. The Morgan fingerprint density at radius 2 is 1.86 bits per heavy atom. The van der Waals surface area contributed by atoms with Gasteiger partial charge in [0.15, 0.2) is 3.95 Å². The first-order valence-electron chi connectivity index (χ1n) is 6.52.